The second-order valence-corrected chi connectivity index (χ2v) is 5.88. The average Bonchev–Trinajstić information content (AvgIpc) is 3.04. The van der Waals surface area contributed by atoms with E-state index in [-0.39, 0.29) is 5.91 Å². The molecule has 0 aromatic carbocycles. The molecule has 0 saturated heterocycles. The van der Waals surface area contributed by atoms with E-state index in [0.29, 0.717) is 23.9 Å². The zero-order valence-electron chi connectivity index (χ0n) is 12.0. The van der Waals surface area contributed by atoms with Gasteiger partial charge in [0.25, 0.3) is 0 Å². The van der Waals surface area contributed by atoms with Crippen molar-refractivity contribution in [3.05, 3.63) is 28.7 Å². The molecular weight excluding hydrogens is 274 g/mol. The lowest BCUT2D eigenvalue weighted by atomic mass is 10.2. The first-order valence-corrected chi connectivity index (χ1v) is 7.61. The molecule has 0 fully saturated rings. The highest BCUT2D eigenvalue weighted by atomic mass is 32.1. The Bertz CT molecular complexity index is 574. The molecule has 2 heterocycles. The van der Waals surface area contributed by atoms with Gasteiger partial charge in [0.2, 0.25) is 11.0 Å². The number of rotatable bonds is 6. The van der Waals surface area contributed by atoms with Gasteiger partial charge in [-0.25, -0.2) is 0 Å². The van der Waals surface area contributed by atoms with Crippen molar-refractivity contribution in [3.8, 4) is 0 Å². The van der Waals surface area contributed by atoms with Gasteiger partial charge in [0.15, 0.2) is 0 Å². The summed E-state index contributed by atoms with van der Waals surface area (Å²) in [6.45, 7) is 6.14. The first kappa shape index (κ1) is 14.7. The Morgan fingerprint density at radius 1 is 1.35 bits per heavy atom. The minimum atomic E-state index is -0.0640. The van der Waals surface area contributed by atoms with Crippen LogP contribution < -0.4 is 5.32 Å². The van der Waals surface area contributed by atoms with Gasteiger partial charge in [0, 0.05) is 25.2 Å². The number of hydrogen-bond donors (Lipinski definition) is 1. The zero-order valence-corrected chi connectivity index (χ0v) is 12.8. The van der Waals surface area contributed by atoms with Crippen molar-refractivity contribution in [3.63, 3.8) is 0 Å². The van der Waals surface area contributed by atoms with E-state index < -0.39 is 0 Å². The quantitative estimate of drug-likeness (QED) is 0.886. The molecule has 5 nitrogen and oxygen atoms in total. The summed E-state index contributed by atoms with van der Waals surface area (Å²) < 4.78 is 5.56. The molecule has 2 rings (SSSR count). The summed E-state index contributed by atoms with van der Waals surface area (Å²) in [4.78, 5) is 11.8. The van der Waals surface area contributed by atoms with Gasteiger partial charge in [0.1, 0.15) is 16.5 Å². The minimum Gasteiger partial charge on any atom is -0.466 e. The van der Waals surface area contributed by atoms with Crippen LogP contribution in [0.15, 0.2) is 16.5 Å². The van der Waals surface area contributed by atoms with Gasteiger partial charge in [-0.15, -0.1) is 10.2 Å². The van der Waals surface area contributed by atoms with Gasteiger partial charge >= 0.3 is 0 Å². The summed E-state index contributed by atoms with van der Waals surface area (Å²) >= 11 is 1.42. The molecule has 1 N–H and O–H groups in total. The summed E-state index contributed by atoms with van der Waals surface area (Å²) in [5, 5.41) is 12.3. The molecule has 0 radical (unpaired) electrons. The third-order valence-electron chi connectivity index (χ3n) is 2.85. The molecule has 0 aliphatic carbocycles. The number of furan rings is 1. The second-order valence-electron chi connectivity index (χ2n) is 4.87. The third kappa shape index (κ3) is 3.90. The molecule has 20 heavy (non-hydrogen) atoms. The number of amides is 1. The lowest BCUT2D eigenvalue weighted by Crippen LogP contribution is -2.11. The van der Waals surface area contributed by atoms with Crippen LogP contribution in [-0.4, -0.2) is 16.1 Å². The highest BCUT2D eigenvalue weighted by molar-refractivity contribution is 7.15. The largest absolute Gasteiger partial charge is 0.466 e. The second kappa shape index (κ2) is 6.65. The van der Waals surface area contributed by atoms with Gasteiger partial charge in [-0.1, -0.05) is 32.1 Å². The lowest BCUT2D eigenvalue weighted by Gasteiger charge is -1.99. The number of hydrogen-bond acceptors (Lipinski definition) is 5. The maximum Gasteiger partial charge on any atom is 0.226 e. The van der Waals surface area contributed by atoms with Crippen molar-refractivity contribution in [1.29, 1.82) is 0 Å². The highest BCUT2D eigenvalue weighted by Crippen LogP contribution is 2.22. The minimum absolute atomic E-state index is 0.0640. The Morgan fingerprint density at radius 3 is 2.70 bits per heavy atom. The number of carbonyl (C=O) groups excluding carboxylic acids is 1. The van der Waals surface area contributed by atoms with Crippen LogP contribution in [0.4, 0.5) is 5.13 Å². The summed E-state index contributed by atoms with van der Waals surface area (Å²) in [6.07, 6.45) is 1.85. The fourth-order valence-corrected chi connectivity index (χ4v) is 2.45. The van der Waals surface area contributed by atoms with E-state index in [4.69, 9.17) is 4.42 Å². The molecule has 0 atom stereocenters. The first-order valence-electron chi connectivity index (χ1n) is 6.79. The smallest absolute Gasteiger partial charge is 0.226 e. The summed E-state index contributed by atoms with van der Waals surface area (Å²) in [6, 6.07) is 3.88. The molecule has 108 valence electrons. The molecule has 0 unspecified atom stereocenters. The SMILES string of the molecule is CCc1ccc(CCC(=O)Nc2nnc(C(C)C)s2)o1. The van der Waals surface area contributed by atoms with Crippen LogP contribution in [0.2, 0.25) is 0 Å². The molecule has 0 spiro atoms. The maximum atomic E-state index is 11.8. The van der Waals surface area contributed by atoms with Crippen LogP contribution in [-0.2, 0) is 17.6 Å². The van der Waals surface area contributed by atoms with Crippen molar-refractivity contribution in [2.24, 2.45) is 0 Å². The molecule has 0 aliphatic heterocycles. The number of aryl methyl sites for hydroxylation is 2. The Kier molecular flexibility index (Phi) is 4.89. The van der Waals surface area contributed by atoms with Gasteiger partial charge in [0.05, 0.1) is 0 Å². The summed E-state index contributed by atoms with van der Waals surface area (Å²) in [5.41, 5.74) is 0. The molecule has 0 bridgehead atoms. The van der Waals surface area contributed by atoms with E-state index in [0.717, 1.165) is 22.9 Å². The predicted octanol–water partition coefficient (Wildman–Crippen LogP) is 3.39. The number of nitrogens with one attached hydrogen (secondary N) is 1. The average molecular weight is 293 g/mol. The maximum absolute atomic E-state index is 11.8. The summed E-state index contributed by atoms with van der Waals surface area (Å²) in [5.74, 6) is 2.06. The van der Waals surface area contributed by atoms with Crippen molar-refractivity contribution >= 4 is 22.4 Å². The Balaban J connectivity index is 1.82. The number of anilines is 1. The van der Waals surface area contributed by atoms with Crippen LogP contribution in [0.25, 0.3) is 0 Å². The van der Waals surface area contributed by atoms with E-state index in [2.05, 4.69) is 15.5 Å². The van der Waals surface area contributed by atoms with Gasteiger partial charge in [-0.3, -0.25) is 4.79 Å². The normalized spacial score (nSPS) is 11.0. The third-order valence-corrected chi connectivity index (χ3v) is 3.98. The Morgan fingerprint density at radius 2 is 2.10 bits per heavy atom. The van der Waals surface area contributed by atoms with Gasteiger partial charge in [-0.2, -0.15) is 0 Å². The molecule has 1 amide bonds. The van der Waals surface area contributed by atoms with Crippen LogP contribution in [0.3, 0.4) is 0 Å². The number of nitrogens with zero attached hydrogens (tertiary/aromatic N) is 2. The molecule has 0 aliphatic rings. The highest BCUT2D eigenvalue weighted by Gasteiger charge is 2.11. The summed E-state index contributed by atoms with van der Waals surface area (Å²) in [7, 11) is 0. The van der Waals surface area contributed by atoms with Crippen molar-refractivity contribution in [2.75, 3.05) is 5.32 Å². The first-order chi connectivity index (χ1) is 9.58. The Labute approximate surface area is 122 Å². The molecule has 2 aromatic heterocycles. The van der Waals surface area contributed by atoms with Crippen LogP contribution in [0.1, 0.15) is 49.6 Å². The van der Waals surface area contributed by atoms with Crippen LogP contribution in [0, 0.1) is 0 Å². The van der Waals surface area contributed by atoms with Crippen LogP contribution in [0.5, 0.6) is 0 Å². The van der Waals surface area contributed by atoms with Crippen molar-refractivity contribution < 1.29 is 9.21 Å². The van der Waals surface area contributed by atoms with E-state index in [1.807, 2.05) is 32.9 Å². The lowest BCUT2D eigenvalue weighted by molar-refractivity contribution is -0.116. The molecule has 6 heteroatoms. The van der Waals surface area contributed by atoms with Crippen LogP contribution >= 0.6 is 11.3 Å². The topological polar surface area (TPSA) is 68.0 Å². The molecule has 2 aromatic rings. The molecular formula is C14H19N3O2S. The van der Waals surface area contributed by atoms with E-state index in [1.54, 1.807) is 0 Å². The number of carbonyl (C=O) groups is 1. The van der Waals surface area contributed by atoms with Gasteiger partial charge in [-0.05, 0) is 12.1 Å². The van der Waals surface area contributed by atoms with E-state index in [9.17, 15) is 4.79 Å². The van der Waals surface area contributed by atoms with Crippen molar-refractivity contribution in [1.82, 2.24) is 10.2 Å². The zero-order chi connectivity index (χ0) is 14.5. The Hall–Kier alpha value is -1.69. The number of aromatic nitrogens is 2. The van der Waals surface area contributed by atoms with E-state index >= 15 is 0 Å². The van der Waals surface area contributed by atoms with Gasteiger partial charge < -0.3 is 9.73 Å². The fraction of sp³-hybridized carbons (Fsp3) is 0.500. The van der Waals surface area contributed by atoms with E-state index in [1.165, 1.54) is 11.3 Å². The fourth-order valence-electron chi connectivity index (χ4n) is 1.68. The molecule has 0 saturated carbocycles. The monoisotopic (exact) mass is 293 g/mol. The predicted molar refractivity (Wildman–Crippen MR) is 79.0 cm³/mol. The van der Waals surface area contributed by atoms with Crippen molar-refractivity contribution in [2.45, 2.75) is 46.0 Å². The standard InChI is InChI=1S/C14H19N3O2S/c1-4-10-5-6-11(19-10)7-8-12(18)15-14-17-16-13(20-14)9(2)3/h5-6,9H,4,7-8H2,1-3H3,(H,15,17,18).